The number of Topliss-reactive ketones (excluding diaryl/α,β-unsaturated/α-hetero) is 1. The van der Waals surface area contributed by atoms with Crippen molar-refractivity contribution < 1.29 is 19.1 Å². The third kappa shape index (κ3) is 4.99. The van der Waals surface area contributed by atoms with Crippen molar-refractivity contribution in [3.8, 4) is 29.0 Å². The molecule has 204 valence electrons. The van der Waals surface area contributed by atoms with E-state index >= 15 is 0 Å². The summed E-state index contributed by atoms with van der Waals surface area (Å²) in [5, 5.41) is 18.8. The second-order valence-corrected chi connectivity index (χ2v) is 10.1. The summed E-state index contributed by atoms with van der Waals surface area (Å²) in [7, 11) is 0. The summed E-state index contributed by atoms with van der Waals surface area (Å²) in [4.78, 5) is 46.0. The van der Waals surface area contributed by atoms with Crippen molar-refractivity contribution in [2.45, 2.75) is 10.4 Å². The van der Waals surface area contributed by atoms with Gasteiger partial charge in [-0.1, -0.05) is 79.0 Å². The molecule has 0 fully saturated rings. The molecule has 3 aromatic carbocycles. The maximum atomic E-state index is 13.9. The Bertz CT molecular complexity index is 1790. The molecular formula is C32H21N5O4S. The number of benzene rings is 3. The normalized spacial score (nSPS) is 12.7. The van der Waals surface area contributed by atoms with Gasteiger partial charge in [0.15, 0.2) is 11.2 Å². The second-order valence-electron chi connectivity index (χ2n) is 9.00. The van der Waals surface area contributed by atoms with Crippen molar-refractivity contribution in [2.24, 2.45) is 0 Å². The van der Waals surface area contributed by atoms with Gasteiger partial charge in [-0.2, -0.15) is 10.5 Å². The zero-order chi connectivity index (χ0) is 29.8. The minimum absolute atomic E-state index is 0.0122. The Morgan fingerprint density at radius 2 is 1.55 bits per heavy atom. The molecule has 2 N–H and O–H groups in total. The summed E-state index contributed by atoms with van der Waals surface area (Å²) in [6.45, 7) is 3.92. The number of carbonyl (C=O) groups excluding carboxylic acids is 3. The van der Waals surface area contributed by atoms with Crippen molar-refractivity contribution in [3.05, 3.63) is 119 Å². The average molecular weight is 572 g/mol. The molecule has 1 unspecified atom stereocenters. The standard InChI is InChI=1S/C32H21N5O4S/c1-2-16-41-21-14-12-19(13-15-21)26-24(17-33)28(35)36-29(25(26)18-34)42-32(27(38)20-8-4-3-5-9-20)37-30(39)22-10-6-7-11-23(22)31(37)40/h2-15,32H,1,16H2,(H2,35,36). The monoisotopic (exact) mass is 571 g/mol. The highest BCUT2D eigenvalue weighted by Gasteiger charge is 2.44. The van der Waals surface area contributed by atoms with E-state index in [1.54, 1.807) is 72.8 Å². The fraction of sp³-hybridized carbons (Fsp3) is 0.0625. The van der Waals surface area contributed by atoms with Crippen LogP contribution in [0.1, 0.15) is 42.2 Å². The number of ether oxygens (including phenoxy) is 1. The zero-order valence-corrected chi connectivity index (χ0v) is 22.8. The number of thioether (sulfide) groups is 1. The minimum atomic E-state index is -1.42. The lowest BCUT2D eigenvalue weighted by atomic mass is 9.97. The number of imide groups is 1. The maximum absolute atomic E-state index is 13.9. The van der Waals surface area contributed by atoms with Gasteiger partial charge in [0.25, 0.3) is 11.8 Å². The SMILES string of the molecule is C=CCOc1ccc(-c2c(C#N)c(N)nc(SC(C(=O)c3ccccc3)N3C(=O)c4ccccc4C3=O)c2C#N)cc1. The summed E-state index contributed by atoms with van der Waals surface area (Å²) >= 11 is 0.751. The van der Waals surface area contributed by atoms with Crippen LogP contribution < -0.4 is 10.5 Å². The Hall–Kier alpha value is -5.71. The van der Waals surface area contributed by atoms with E-state index in [2.05, 4.69) is 17.6 Å². The van der Waals surface area contributed by atoms with Crippen LogP contribution in [0.5, 0.6) is 5.75 Å². The van der Waals surface area contributed by atoms with E-state index in [0.29, 0.717) is 17.9 Å². The molecule has 5 rings (SSSR count). The van der Waals surface area contributed by atoms with Gasteiger partial charge in [-0.05, 0) is 29.8 Å². The lowest BCUT2D eigenvalue weighted by molar-refractivity contribution is 0.0602. The summed E-state index contributed by atoms with van der Waals surface area (Å²) in [6, 6.07) is 25.3. The van der Waals surface area contributed by atoms with Gasteiger partial charge < -0.3 is 10.5 Å². The molecule has 0 spiro atoms. The second kappa shape index (κ2) is 11.8. The zero-order valence-electron chi connectivity index (χ0n) is 22.0. The van der Waals surface area contributed by atoms with Crippen molar-refractivity contribution in [1.82, 2.24) is 9.88 Å². The van der Waals surface area contributed by atoms with Crippen molar-refractivity contribution >= 4 is 35.2 Å². The Morgan fingerprint density at radius 1 is 0.952 bits per heavy atom. The van der Waals surface area contributed by atoms with Crippen LogP contribution in [0.25, 0.3) is 11.1 Å². The van der Waals surface area contributed by atoms with Gasteiger partial charge in [0.2, 0.25) is 0 Å². The molecule has 0 radical (unpaired) electrons. The molecule has 2 amide bonds. The molecule has 1 aromatic heterocycles. The number of hydrogen-bond donors (Lipinski definition) is 1. The van der Waals surface area contributed by atoms with Gasteiger partial charge in [-0.3, -0.25) is 19.3 Å². The number of nitriles is 2. The number of nitrogens with zero attached hydrogens (tertiary/aromatic N) is 4. The topological polar surface area (TPSA) is 150 Å². The molecule has 10 heteroatoms. The number of ketones is 1. The van der Waals surface area contributed by atoms with Crippen LogP contribution in [0.2, 0.25) is 0 Å². The maximum Gasteiger partial charge on any atom is 0.262 e. The van der Waals surface area contributed by atoms with Crippen molar-refractivity contribution in [2.75, 3.05) is 12.3 Å². The molecule has 1 aliphatic rings. The molecule has 2 heterocycles. The summed E-state index contributed by atoms with van der Waals surface area (Å²) in [5.41, 5.74) is 7.42. The molecular weight excluding hydrogens is 550 g/mol. The quantitative estimate of drug-likeness (QED) is 0.123. The van der Waals surface area contributed by atoms with E-state index in [-0.39, 0.29) is 44.2 Å². The van der Waals surface area contributed by atoms with E-state index in [1.807, 2.05) is 6.07 Å². The molecule has 0 aliphatic carbocycles. The minimum Gasteiger partial charge on any atom is -0.490 e. The third-order valence-corrected chi connectivity index (χ3v) is 7.66. The van der Waals surface area contributed by atoms with E-state index in [4.69, 9.17) is 10.5 Å². The molecule has 1 aliphatic heterocycles. The number of carbonyl (C=O) groups is 3. The van der Waals surface area contributed by atoms with Gasteiger partial charge in [0.05, 0.1) is 16.7 Å². The van der Waals surface area contributed by atoms with E-state index in [1.165, 1.54) is 12.1 Å². The van der Waals surface area contributed by atoms with Crippen molar-refractivity contribution in [3.63, 3.8) is 0 Å². The number of anilines is 1. The summed E-state index contributed by atoms with van der Waals surface area (Å²) in [6.07, 6.45) is 1.60. The molecule has 0 saturated carbocycles. The van der Waals surface area contributed by atoms with Gasteiger partial charge in [-0.15, -0.1) is 0 Å². The van der Waals surface area contributed by atoms with Crippen LogP contribution in [0.3, 0.4) is 0 Å². The van der Waals surface area contributed by atoms with Crippen LogP contribution >= 0.6 is 11.8 Å². The Balaban J connectivity index is 1.64. The average Bonchev–Trinajstić information content (AvgIpc) is 3.28. The summed E-state index contributed by atoms with van der Waals surface area (Å²) < 4.78 is 5.54. The molecule has 0 bridgehead atoms. The number of nitrogen functional groups attached to an aromatic ring is 1. The van der Waals surface area contributed by atoms with Crippen LogP contribution in [-0.2, 0) is 0 Å². The highest BCUT2D eigenvalue weighted by atomic mass is 32.2. The number of amides is 2. The summed E-state index contributed by atoms with van der Waals surface area (Å²) in [5.74, 6) is -1.46. The Morgan fingerprint density at radius 3 is 2.12 bits per heavy atom. The van der Waals surface area contributed by atoms with E-state index in [9.17, 15) is 24.9 Å². The highest BCUT2D eigenvalue weighted by Crippen LogP contribution is 2.40. The number of aromatic nitrogens is 1. The Labute approximate surface area is 245 Å². The molecule has 42 heavy (non-hydrogen) atoms. The van der Waals surface area contributed by atoms with Crippen LogP contribution in [0, 0.1) is 22.7 Å². The first kappa shape index (κ1) is 27.8. The smallest absolute Gasteiger partial charge is 0.262 e. The van der Waals surface area contributed by atoms with Gasteiger partial charge in [0.1, 0.15) is 40.9 Å². The molecule has 4 aromatic rings. The number of rotatable bonds is 9. The van der Waals surface area contributed by atoms with Gasteiger partial charge in [0, 0.05) is 11.1 Å². The Kier molecular flexibility index (Phi) is 7.82. The fourth-order valence-corrected chi connectivity index (χ4v) is 5.71. The fourth-order valence-electron chi connectivity index (χ4n) is 4.54. The third-order valence-electron chi connectivity index (χ3n) is 6.49. The molecule has 9 nitrogen and oxygen atoms in total. The first-order valence-corrected chi connectivity index (χ1v) is 13.5. The van der Waals surface area contributed by atoms with Crippen LogP contribution in [-0.4, -0.2) is 39.5 Å². The molecule has 1 atom stereocenters. The van der Waals surface area contributed by atoms with Gasteiger partial charge in [-0.25, -0.2) is 4.98 Å². The highest BCUT2D eigenvalue weighted by molar-refractivity contribution is 8.00. The van der Waals surface area contributed by atoms with Gasteiger partial charge >= 0.3 is 0 Å². The number of nitrogens with two attached hydrogens (primary N) is 1. The van der Waals surface area contributed by atoms with Crippen LogP contribution in [0.15, 0.2) is 96.5 Å². The predicted molar refractivity (Wildman–Crippen MR) is 157 cm³/mol. The van der Waals surface area contributed by atoms with E-state index < -0.39 is 23.0 Å². The van der Waals surface area contributed by atoms with E-state index in [0.717, 1.165) is 16.7 Å². The number of pyridine rings is 1. The van der Waals surface area contributed by atoms with Crippen LogP contribution in [0.4, 0.5) is 5.82 Å². The number of hydrogen-bond acceptors (Lipinski definition) is 9. The number of fused-ring (bicyclic) bond motifs is 1. The van der Waals surface area contributed by atoms with Crippen molar-refractivity contribution in [1.29, 1.82) is 10.5 Å². The largest absolute Gasteiger partial charge is 0.490 e. The predicted octanol–water partition coefficient (Wildman–Crippen LogP) is 5.24. The lowest BCUT2D eigenvalue weighted by Gasteiger charge is -2.25. The first-order valence-electron chi connectivity index (χ1n) is 12.6. The first-order chi connectivity index (χ1) is 20.4. The lowest BCUT2D eigenvalue weighted by Crippen LogP contribution is -2.43. The molecule has 0 saturated heterocycles.